The van der Waals surface area contributed by atoms with Gasteiger partial charge in [-0.1, -0.05) is 50.2 Å². The van der Waals surface area contributed by atoms with Crippen LogP contribution in [0.15, 0.2) is 54.6 Å². The van der Waals surface area contributed by atoms with Crippen LogP contribution in [0.2, 0.25) is 0 Å². The molecule has 0 aromatic heterocycles. The standard InChI is InChI=1S/C21H27N3O/c1-17(2)19-10-6-7-11-20(19)22-21(25)16-23-12-14-24(15-13-23)18-8-4-3-5-9-18/h3-11,17H,12-16H2,1-2H3,(H,22,25)/p+1. The highest BCUT2D eigenvalue weighted by molar-refractivity contribution is 5.92. The summed E-state index contributed by atoms with van der Waals surface area (Å²) < 4.78 is 0. The van der Waals surface area contributed by atoms with Crippen molar-refractivity contribution in [3.63, 3.8) is 0 Å². The fourth-order valence-corrected chi connectivity index (χ4v) is 3.43. The fraction of sp³-hybridized carbons (Fsp3) is 0.381. The lowest BCUT2D eigenvalue weighted by molar-refractivity contribution is -0.892. The zero-order valence-corrected chi connectivity index (χ0v) is 15.2. The van der Waals surface area contributed by atoms with E-state index in [0.717, 1.165) is 31.9 Å². The number of benzene rings is 2. The molecule has 1 aliphatic rings. The van der Waals surface area contributed by atoms with Crippen molar-refractivity contribution in [2.45, 2.75) is 19.8 Å². The van der Waals surface area contributed by atoms with Crippen LogP contribution >= 0.6 is 0 Å². The maximum atomic E-state index is 12.5. The summed E-state index contributed by atoms with van der Waals surface area (Å²) in [7, 11) is 0. The van der Waals surface area contributed by atoms with Crippen molar-refractivity contribution in [2.24, 2.45) is 0 Å². The van der Waals surface area contributed by atoms with E-state index in [0.29, 0.717) is 12.5 Å². The van der Waals surface area contributed by atoms with Gasteiger partial charge in [0.05, 0.1) is 26.2 Å². The third-order valence-corrected chi connectivity index (χ3v) is 4.86. The van der Waals surface area contributed by atoms with Crippen LogP contribution in [0.4, 0.5) is 11.4 Å². The summed E-state index contributed by atoms with van der Waals surface area (Å²) in [4.78, 5) is 16.2. The highest BCUT2D eigenvalue weighted by Gasteiger charge is 2.22. The molecule has 0 spiro atoms. The summed E-state index contributed by atoms with van der Waals surface area (Å²) in [5, 5.41) is 3.11. The molecule has 0 atom stereocenters. The maximum absolute atomic E-state index is 12.5. The average Bonchev–Trinajstić information content (AvgIpc) is 2.63. The molecule has 132 valence electrons. The molecule has 0 unspecified atom stereocenters. The number of quaternary nitrogens is 1. The second kappa shape index (κ2) is 8.17. The summed E-state index contributed by atoms with van der Waals surface area (Å²) in [5.74, 6) is 0.509. The number of hydrogen-bond donors (Lipinski definition) is 2. The van der Waals surface area contributed by atoms with E-state index >= 15 is 0 Å². The molecule has 25 heavy (non-hydrogen) atoms. The molecule has 2 aromatic carbocycles. The molecule has 3 rings (SSSR count). The van der Waals surface area contributed by atoms with Crippen LogP contribution < -0.4 is 15.1 Å². The zero-order valence-electron chi connectivity index (χ0n) is 15.2. The first-order valence-electron chi connectivity index (χ1n) is 9.16. The number of para-hydroxylation sites is 2. The highest BCUT2D eigenvalue weighted by Crippen LogP contribution is 2.23. The van der Waals surface area contributed by atoms with Gasteiger partial charge in [-0.15, -0.1) is 0 Å². The Morgan fingerprint density at radius 3 is 2.36 bits per heavy atom. The minimum Gasteiger partial charge on any atom is -0.360 e. The van der Waals surface area contributed by atoms with Crippen LogP contribution in [0.3, 0.4) is 0 Å². The van der Waals surface area contributed by atoms with Gasteiger partial charge in [0.1, 0.15) is 0 Å². The van der Waals surface area contributed by atoms with E-state index in [4.69, 9.17) is 0 Å². The van der Waals surface area contributed by atoms with E-state index in [9.17, 15) is 4.79 Å². The van der Waals surface area contributed by atoms with Crippen molar-refractivity contribution in [1.29, 1.82) is 0 Å². The Balaban J connectivity index is 1.52. The van der Waals surface area contributed by atoms with E-state index in [-0.39, 0.29) is 5.91 Å². The number of nitrogens with one attached hydrogen (secondary N) is 2. The first-order chi connectivity index (χ1) is 12.1. The van der Waals surface area contributed by atoms with Gasteiger partial charge in [-0.3, -0.25) is 4.79 Å². The summed E-state index contributed by atoms with van der Waals surface area (Å²) >= 11 is 0. The van der Waals surface area contributed by atoms with E-state index in [1.165, 1.54) is 16.2 Å². The average molecular weight is 338 g/mol. The molecular weight excluding hydrogens is 310 g/mol. The van der Waals surface area contributed by atoms with E-state index in [2.05, 4.69) is 54.4 Å². The number of anilines is 2. The first kappa shape index (κ1) is 17.5. The monoisotopic (exact) mass is 338 g/mol. The number of rotatable bonds is 5. The Bertz CT molecular complexity index is 691. The molecule has 1 amide bonds. The summed E-state index contributed by atoms with van der Waals surface area (Å²) in [6, 6.07) is 18.6. The van der Waals surface area contributed by atoms with Gasteiger partial charge in [-0.2, -0.15) is 0 Å². The molecule has 1 fully saturated rings. The normalized spacial score (nSPS) is 15.4. The number of amides is 1. The topological polar surface area (TPSA) is 36.8 Å². The lowest BCUT2D eigenvalue weighted by Crippen LogP contribution is -3.15. The predicted molar refractivity (Wildman–Crippen MR) is 103 cm³/mol. The Labute approximate surface area is 150 Å². The minimum absolute atomic E-state index is 0.108. The SMILES string of the molecule is CC(C)c1ccccc1NC(=O)C[NH+]1CCN(c2ccccc2)CC1. The lowest BCUT2D eigenvalue weighted by Gasteiger charge is -2.33. The number of hydrogen-bond acceptors (Lipinski definition) is 2. The van der Waals surface area contributed by atoms with Gasteiger partial charge >= 0.3 is 0 Å². The number of piperazine rings is 1. The fourth-order valence-electron chi connectivity index (χ4n) is 3.43. The Kier molecular flexibility index (Phi) is 5.71. The molecule has 2 N–H and O–H groups in total. The maximum Gasteiger partial charge on any atom is 0.279 e. The molecule has 1 aliphatic heterocycles. The third kappa shape index (κ3) is 4.60. The molecule has 4 nitrogen and oxygen atoms in total. The van der Waals surface area contributed by atoms with Crippen LogP contribution in [0.1, 0.15) is 25.3 Å². The smallest absolute Gasteiger partial charge is 0.279 e. The Hall–Kier alpha value is -2.33. The van der Waals surface area contributed by atoms with Gasteiger partial charge in [-0.05, 0) is 29.7 Å². The van der Waals surface area contributed by atoms with Crippen LogP contribution in [-0.4, -0.2) is 38.6 Å². The highest BCUT2D eigenvalue weighted by atomic mass is 16.2. The van der Waals surface area contributed by atoms with Gasteiger partial charge in [0.15, 0.2) is 6.54 Å². The van der Waals surface area contributed by atoms with Crippen molar-refractivity contribution in [3.05, 3.63) is 60.2 Å². The van der Waals surface area contributed by atoms with Gasteiger partial charge in [0, 0.05) is 11.4 Å². The second-order valence-electron chi connectivity index (χ2n) is 7.04. The summed E-state index contributed by atoms with van der Waals surface area (Å²) in [6.07, 6.45) is 0. The van der Waals surface area contributed by atoms with Crippen LogP contribution in [-0.2, 0) is 4.79 Å². The molecule has 0 bridgehead atoms. The lowest BCUT2D eigenvalue weighted by atomic mass is 10.0. The zero-order chi connectivity index (χ0) is 17.6. The molecule has 2 aromatic rings. The van der Waals surface area contributed by atoms with Gasteiger partial charge in [0.2, 0.25) is 0 Å². The van der Waals surface area contributed by atoms with E-state index < -0.39 is 0 Å². The van der Waals surface area contributed by atoms with E-state index in [1.54, 1.807) is 0 Å². The number of carbonyl (C=O) groups excluding carboxylic acids is 1. The van der Waals surface area contributed by atoms with Gasteiger partial charge in [-0.25, -0.2) is 0 Å². The first-order valence-corrected chi connectivity index (χ1v) is 9.16. The molecule has 0 radical (unpaired) electrons. The second-order valence-corrected chi connectivity index (χ2v) is 7.04. The van der Waals surface area contributed by atoms with Gasteiger partial charge in [0.25, 0.3) is 5.91 Å². The summed E-state index contributed by atoms with van der Waals surface area (Å²) in [5.41, 5.74) is 3.42. The quantitative estimate of drug-likeness (QED) is 0.876. The van der Waals surface area contributed by atoms with Crippen molar-refractivity contribution in [2.75, 3.05) is 42.9 Å². The Morgan fingerprint density at radius 1 is 1.04 bits per heavy atom. The van der Waals surface area contributed by atoms with Gasteiger partial charge < -0.3 is 15.1 Å². The third-order valence-electron chi connectivity index (χ3n) is 4.86. The predicted octanol–water partition coefficient (Wildman–Crippen LogP) is 2.15. The molecule has 0 saturated carbocycles. The van der Waals surface area contributed by atoms with Crippen molar-refractivity contribution in [1.82, 2.24) is 0 Å². The molecule has 1 saturated heterocycles. The minimum atomic E-state index is 0.108. The van der Waals surface area contributed by atoms with Crippen molar-refractivity contribution in [3.8, 4) is 0 Å². The number of carbonyl (C=O) groups is 1. The molecule has 1 heterocycles. The Morgan fingerprint density at radius 2 is 1.68 bits per heavy atom. The largest absolute Gasteiger partial charge is 0.360 e. The van der Waals surface area contributed by atoms with E-state index in [1.807, 2.05) is 24.3 Å². The molecule has 4 heteroatoms. The van der Waals surface area contributed by atoms with Crippen LogP contribution in [0.25, 0.3) is 0 Å². The molecular formula is C21H28N3O+. The summed E-state index contributed by atoms with van der Waals surface area (Å²) in [6.45, 7) is 8.82. The van der Waals surface area contributed by atoms with Crippen molar-refractivity contribution < 1.29 is 9.69 Å². The van der Waals surface area contributed by atoms with Crippen LogP contribution in [0, 0.1) is 0 Å². The number of nitrogens with zero attached hydrogens (tertiary/aromatic N) is 1. The molecule has 0 aliphatic carbocycles. The van der Waals surface area contributed by atoms with Crippen molar-refractivity contribution >= 4 is 17.3 Å². The van der Waals surface area contributed by atoms with Crippen LogP contribution in [0.5, 0.6) is 0 Å².